The highest BCUT2D eigenvalue weighted by Gasteiger charge is 2.19. The van der Waals surface area contributed by atoms with Crippen molar-refractivity contribution in [3.63, 3.8) is 0 Å². The lowest BCUT2D eigenvalue weighted by molar-refractivity contribution is 0.222. The van der Waals surface area contributed by atoms with Crippen LogP contribution in [0.25, 0.3) is 0 Å². The molecule has 1 aliphatic heterocycles. The SMILES string of the molecule is COc1cc(Br)c(NC(=O)N2CCCC2)cc1Cl. The summed E-state index contributed by atoms with van der Waals surface area (Å²) < 4.78 is 5.85. The van der Waals surface area contributed by atoms with Crippen molar-refractivity contribution in [2.75, 3.05) is 25.5 Å². The second-order valence-electron chi connectivity index (χ2n) is 4.09. The van der Waals surface area contributed by atoms with Gasteiger partial charge in [-0.3, -0.25) is 0 Å². The third-order valence-corrected chi connectivity index (χ3v) is 3.83. The molecule has 4 nitrogen and oxygen atoms in total. The molecular weight excluding hydrogens is 320 g/mol. The van der Waals surface area contributed by atoms with Gasteiger partial charge in [0, 0.05) is 17.6 Å². The summed E-state index contributed by atoms with van der Waals surface area (Å²) >= 11 is 9.42. The molecule has 0 saturated carbocycles. The predicted octanol–water partition coefficient (Wildman–Crippen LogP) is 3.74. The average molecular weight is 334 g/mol. The number of benzene rings is 1. The molecule has 1 aliphatic rings. The van der Waals surface area contributed by atoms with Gasteiger partial charge < -0.3 is 15.0 Å². The Bertz CT molecular complexity index is 462. The van der Waals surface area contributed by atoms with Gasteiger partial charge in [-0.2, -0.15) is 0 Å². The topological polar surface area (TPSA) is 41.6 Å². The van der Waals surface area contributed by atoms with Gasteiger partial charge >= 0.3 is 6.03 Å². The lowest BCUT2D eigenvalue weighted by Gasteiger charge is -2.17. The van der Waals surface area contributed by atoms with Crippen molar-refractivity contribution in [3.8, 4) is 5.75 Å². The fourth-order valence-corrected chi connectivity index (χ4v) is 2.56. The molecule has 1 aromatic rings. The fourth-order valence-electron chi connectivity index (χ4n) is 1.90. The van der Waals surface area contributed by atoms with E-state index in [9.17, 15) is 4.79 Å². The predicted molar refractivity (Wildman–Crippen MR) is 75.5 cm³/mol. The monoisotopic (exact) mass is 332 g/mol. The molecule has 1 heterocycles. The number of nitrogens with zero attached hydrogens (tertiary/aromatic N) is 1. The molecule has 0 spiro atoms. The quantitative estimate of drug-likeness (QED) is 0.896. The summed E-state index contributed by atoms with van der Waals surface area (Å²) in [5, 5.41) is 3.31. The summed E-state index contributed by atoms with van der Waals surface area (Å²) in [5.41, 5.74) is 0.651. The highest BCUT2D eigenvalue weighted by molar-refractivity contribution is 9.10. The third kappa shape index (κ3) is 2.90. The molecule has 2 amide bonds. The van der Waals surface area contributed by atoms with Crippen LogP contribution in [0.5, 0.6) is 5.75 Å². The van der Waals surface area contributed by atoms with Gasteiger partial charge in [0.05, 0.1) is 17.8 Å². The number of carbonyl (C=O) groups excluding carboxylic acids is 1. The number of amides is 2. The Morgan fingerprint density at radius 1 is 1.44 bits per heavy atom. The number of likely N-dealkylation sites (tertiary alicyclic amines) is 1. The minimum absolute atomic E-state index is 0.0885. The zero-order chi connectivity index (χ0) is 13.1. The van der Waals surface area contributed by atoms with Crippen molar-refractivity contribution in [1.82, 2.24) is 4.90 Å². The summed E-state index contributed by atoms with van der Waals surface area (Å²) in [7, 11) is 1.55. The zero-order valence-electron chi connectivity index (χ0n) is 10.0. The number of ether oxygens (including phenoxy) is 1. The van der Waals surface area contributed by atoms with Crippen LogP contribution in [0.15, 0.2) is 16.6 Å². The summed E-state index contributed by atoms with van der Waals surface area (Å²) in [5.74, 6) is 0.572. The van der Waals surface area contributed by atoms with Crippen LogP contribution >= 0.6 is 27.5 Å². The molecule has 0 atom stereocenters. The van der Waals surface area contributed by atoms with Crippen LogP contribution in [0.1, 0.15) is 12.8 Å². The van der Waals surface area contributed by atoms with E-state index in [1.54, 1.807) is 24.1 Å². The first kappa shape index (κ1) is 13.5. The van der Waals surface area contributed by atoms with Gasteiger partial charge in [-0.1, -0.05) is 11.6 Å². The van der Waals surface area contributed by atoms with Crippen molar-refractivity contribution in [1.29, 1.82) is 0 Å². The van der Waals surface area contributed by atoms with Gasteiger partial charge in [-0.25, -0.2) is 4.79 Å². The maximum atomic E-state index is 12.0. The average Bonchev–Trinajstić information content (AvgIpc) is 2.87. The van der Waals surface area contributed by atoms with E-state index in [-0.39, 0.29) is 6.03 Å². The Morgan fingerprint density at radius 2 is 2.11 bits per heavy atom. The molecule has 0 unspecified atom stereocenters. The van der Waals surface area contributed by atoms with Crippen LogP contribution < -0.4 is 10.1 Å². The Labute approximate surface area is 119 Å². The maximum absolute atomic E-state index is 12.0. The molecule has 6 heteroatoms. The van der Waals surface area contributed by atoms with Crippen molar-refractivity contribution in [3.05, 3.63) is 21.6 Å². The lowest BCUT2D eigenvalue weighted by atomic mass is 10.3. The molecule has 0 aliphatic carbocycles. The number of halogens is 2. The fraction of sp³-hybridized carbons (Fsp3) is 0.417. The Kier molecular flexibility index (Phi) is 4.35. The largest absolute Gasteiger partial charge is 0.495 e. The molecule has 2 rings (SSSR count). The van der Waals surface area contributed by atoms with Gasteiger partial charge in [-0.15, -0.1) is 0 Å². The van der Waals surface area contributed by atoms with Crippen LogP contribution in [-0.4, -0.2) is 31.1 Å². The molecule has 1 aromatic carbocycles. The van der Waals surface area contributed by atoms with E-state index < -0.39 is 0 Å². The van der Waals surface area contributed by atoms with Crippen molar-refractivity contribution in [2.45, 2.75) is 12.8 Å². The molecule has 1 fully saturated rings. The Balaban J connectivity index is 2.13. The first-order chi connectivity index (χ1) is 8.61. The van der Waals surface area contributed by atoms with Crippen LogP contribution in [0.2, 0.25) is 5.02 Å². The Morgan fingerprint density at radius 3 is 2.72 bits per heavy atom. The molecular formula is C12H14BrClN2O2. The molecule has 1 saturated heterocycles. The first-order valence-electron chi connectivity index (χ1n) is 5.71. The normalized spacial score (nSPS) is 14.7. The van der Waals surface area contributed by atoms with Crippen LogP contribution in [0.3, 0.4) is 0 Å². The van der Waals surface area contributed by atoms with Gasteiger partial charge in [0.25, 0.3) is 0 Å². The molecule has 1 N–H and O–H groups in total. The highest BCUT2D eigenvalue weighted by atomic mass is 79.9. The van der Waals surface area contributed by atoms with E-state index in [1.165, 1.54) is 0 Å². The van der Waals surface area contributed by atoms with Gasteiger partial charge in [0.1, 0.15) is 5.75 Å². The molecule has 0 radical (unpaired) electrons. The second-order valence-corrected chi connectivity index (χ2v) is 5.35. The third-order valence-electron chi connectivity index (χ3n) is 2.88. The second kappa shape index (κ2) is 5.80. The smallest absolute Gasteiger partial charge is 0.321 e. The van der Waals surface area contributed by atoms with Crippen molar-refractivity contribution >= 4 is 39.2 Å². The number of hydrogen-bond acceptors (Lipinski definition) is 2. The standard InChI is InChI=1S/C12H14BrClN2O2/c1-18-11-6-8(13)10(7-9(11)14)15-12(17)16-4-2-3-5-16/h6-7H,2-5H2,1H3,(H,15,17). The highest BCUT2D eigenvalue weighted by Crippen LogP contribution is 2.34. The van der Waals surface area contributed by atoms with E-state index in [2.05, 4.69) is 21.2 Å². The van der Waals surface area contributed by atoms with Gasteiger partial charge in [0.2, 0.25) is 0 Å². The van der Waals surface area contributed by atoms with Crippen molar-refractivity contribution in [2.24, 2.45) is 0 Å². The number of rotatable bonds is 2. The number of anilines is 1. The van der Waals surface area contributed by atoms with Crippen LogP contribution in [0.4, 0.5) is 10.5 Å². The summed E-state index contributed by atoms with van der Waals surface area (Å²) in [6.07, 6.45) is 2.13. The van der Waals surface area contributed by atoms with E-state index in [1.807, 2.05) is 0 Å². The summed E-state index contributed by atoms with van der Waals surface area (Å²) in [6.45, 7) is 1.63. The van der Waals surface area contributed by atoms with E-state index in [0.717, 1.165) is 30.4 Å². The van der Waals surface area contributed by atoms with Crippen LogP contribution in [0, 0.1) is 0 Å². The van der Waals surface area contributed by atoms with E-state index in [0.29, 0.717) is 16.5 Å². The maximum Gasteiger partial charge on any atom is 0.321 e. The van der Waals surface area contributed by atoms with Crippen molar-refractivity contribution < 1.29 is 9.53 Å². The first-order valence-corrected chi connectivity index (χ1v) is 6.88. The van der Waals surface area contributed by atoms with E-state index in [4.69, 9.17) is 16.3 Å². The summed E-state index contributed by atoms with van der Waals surface area (Å²) in [4.78, 5) is 13.7. The van der Waals surface area contributed by atoms with Gasteiger partial charge in [-0.05, 0) is 40.9 Å². The van der Waals surface area contributed by atoms with Crippen LogP contribution in [-0.2, 0) is 0 Å². The molecule has 0 aromatic heterocycles. The minimum Gasteiger partial charge on any atom is -0.495 e. The lowest BCUT2D eigenvalue weighted by Crippen LogP contribution is -2.32. The number of carbonyl (C=O) groups is 1. The molecule has 0 bridgehead atoms. The minimum atomic E-state index is -0.0885. The molecule has 18 heavy (non-hydrogen) atoms. The number of nitrogens with one attached hydrogen (secondary N) is 1. The number of hydrogen-bond donors (Lipinski definition) is 1. The Hall–Kier alpha value is -0.940. The van der Waals surface area contributed by atoms with Gasteiger partial charge in [0.15, 0.2) is 0 Å². The van der Waals surface area contributed by atoms with E-state index >= 15 is 0 Å². The zero-order valence-corrected chi connectivity index (χ0v) is 12.3. The molecule has 98 valence electrons. The number of urea groups is 1. The number of methoxy groups -OCH3 is 1. The summed E-state index contributed by atoms with van der Waals surface area (Å²) in [6, 6.07) is 3.33.